The molecule has 0 radical (unpaired) electrons. The standard InChI is InChI=1S/C9H17NO5S/c1-6(9(10)12)5-16(13,14)7(2)4-8(11)15-3/h6-7H,4-5H2,1-3H3,(H2,10,12). The van der Waals surface area contributed by atoms with Crippen molar-refractivity contribution in [3.8, 4) is 0 Å². The van der Waals surface area contributed by atoms with E-state index < -0.39 is 32.9 Å². The molecule has 0 fully saturated rings. The van der Waals surface area contributed by atoms with Crippen LogP contribution >= 0.6 is 0 Å². The number of rotatable bonds is 6. The number of carbonyl (C=O) groups is 2. The molecule has 1 amide bonds. The second kappa shape index (κ2) is 5.83. The van der Waals surface area contributed by atoms with E-state index in [-0.39, 0.29) is 12.2 Å². The highest BCUT2D eigenvalue weighted by molar-refractivity contribution is 7.92. The van der Waals surface area contributed by atoms with E-state index in [0.29, 0.717) is 0 Å². The number of methoxy groups -OCH3 is 1. The van der Waals surface area contributed by atoms with E-state index in [4.69, 9.17) is 5.73 Å². The van der Waals surface area contributed by atoms with Gasteiger partial charge in [0.05, 0.1) is 24.5 Å². The molecule has 0 aliphatic heterocycles. The van der Waals surface area contributed by atoms with E-state index in [1.807, 2.05) is 0 Å². The lowest BCUT2D eigenvalue weighted by atomic mass is 10.2. The molecular weight excluding hydrogens is 234 g/mol. The quantitative estimate of drug-likeness (QED) is 0.639. The fourth-order valence-corrected chi connectivity index (χ4v) is 2.62. The van der Waals surface area contributed by atoms with Crippen LogP contribution in [0.3, 0.4) is 0 Å². The minimum Gasteiger partial charge on any atom is -0.469 e. The van der Waals surface area contributed by atoms with Crippen LogP contribution in [-0.2, 0) is 24.2 Å². The van der Waals surface area contributed by atoms with Gasteiger partial charge in [0.25, 0.3) is 0 Å². The van der Waals surface area contributed by atoms with E-state index in [1.165, 1.54) is 21.0 Å². The van der Waals surface area contributed by atoms with Crippen molar-refractivity contribution in [2.75, 3.05) is 12.9 Å². The Kier molecular flexibility index (Phi) is 5.43. The molecule has 0 rings (SSSR count). The molecular formula is C9H17NO5S. The summed E-state index contributed by atoms with van der Waals surface area (Å²) in [5.41, 5.74) is 4.98. The van der Waals surface area contributed by atoms with Crippen LogP contribution in [0.1, 0.15) is 20.3 Å². The van der Waals surface area contributed by atoms with Crippen molar-refractivity contribution in [2.24, 2.45) is 11.7 Å². The summed E-state index contributed by atoms with van der Waals surface area (Å²) in [6.45, 7) is 2.84. The van der Waals surface area contributed by atoms with Crippen LogP contribution in [0.15, 0.2) is 0 Å². The maximum absolute atomic E-state index is 11.7. The Morgan fingerprint density at radius 3 is 2.19 bits per heavy atom. The molecule has 0 aliphatic rings. The third kappa shape index (κ3) is 4.61. The molecule has 0 spiro atoms. The van der Waals surface area contributed by atoms with Gasteiger partial charge in [-0.15, -0.1) is 0 Å². The van der Waals surface area contributed by atoms with E-state index in [0.717, 1.165) is 0 Å². The first-order chi connectivity index (χ1) is 7.20. The van der Waals surface area contributed by atoms with Crippen LogP contribution in [0.2, 0.25) is 0 Å². The normalized spacial score (nSPS) is 15.2. The highest BCUT2D eigenvalue weighted by atomic mass is 32.2. The molecule has 0 aromatic heterocycles. The van der Waals surface area contributed by atoms with Crippen molar-refractivity contribution < 1.29 is 22.7 Å². The third-order valence-electron chi connectivity index (χ3n) is 2.26. The number of sulfone groups is 1. The number of hydrogen-bond acceptors (Lipinski definition) is 5. The Bertz CT molecular complexity index is 362. The SMILES string of the molecule is COC(=O)CC(C)S(=O)(=O)CC(C)C(N)=O. The van der Waals surface area contributed by atoms with Gasteiger partial charge < -0.3 is 10.5 Å². The molecule has 0 saturated heterocycles. The minimum atomic E-state index is -3.51. The predicted octanol–water partition coefficient (Wildman–Crippen LogP) is -0.526. The molecule has 0 saturated carbocycles. The van der Waals surface area contributed by atoms with E-state index in [9.17, 15) is 18.0 Å². The van der Waals surface area contributed by atoms with Crippen molar-refractivity contribution >= 4 is 21.7 Å². The van der Waals surface area contributed by atoms with Crippen LogP contribution in [0, 0.1) is 5.92 Å². The summed E-state index contributed by atoms with van der Waals surface area (Å²) >= 11 is 0. The largest absolute Gasteiger partial charge is 0.469 e. The molecule has 6 nitrogen and oxygen atoms in total. The second-order valence-corrected chi connectivity index (χ2v) is 6.19. The fourth-order valence-electron chi connectivity index (χ4n) is 1.04. The van der Waals surface area contributed by atoms with Crippen LogP contribution in [0.5, 0.6) is 0 Å². The van der Waals surface area contributed by atoms with Crippen LogP contribution < -0.4 is 5.73 Å². The van der Waals surface area contributed by atoms with Crippen LogP contribution in [0.4, 0.5) is 0 Å². The van der Waals surface area contributed by atoms with Crippen LogP contribution in [0.25, 0.3) is 0 Å². The summed E-state index contributed by atoms with van der Waals surface area (Å²) in [5, 5.41) is -0.873. The molecule has 0 bridgehead atoms. The van der Waals surface area contributed by atoms with Gasteiger partial charge in [-0.1, -0.05) is 6.92 Å². The second-order valence-electron chi connectivity index (χ2n) is 3.72. The zero-order valence-electron chi connectivity index (χ0n) is 9.60. The zero-order chi connectivity index (χ0) is 12.9. The average molecular weight is 251 g/mol. The Labute approximate surface area is 95.1 Å². The van der Waals surface area contributed by atoms with E-state index in [2.05, 4.69) is 4.74 Å². The van der Waals surface area contributed by atoms with Crippen molar-refractivity contribution in [3.63, 3.8) is 0 Å². The molecule has 94 valence electrons. The number of amides is 1. The lowest BCUT2D eigenvalue weighted by Crippen LogP contribution is -2.32. The Morgan fingerprint density at radius 2 is 1.81 bits per heavy atom. The van der Waals surface area contributed by atoms with E-state index >= 15 is 0 Å². The van der Waals surface area contributed by atoms with Crippen LogP contribution in [-0.4, -0.2) is 38.4 Å². The molecule has 2 atom stereocenters. The number of ether oxygens (including phenoxy) is 1. The first-order valence-corrected chi connectivity index (χ1v) is 6.50. The van der Waals surface area contributed by atoms with Crippen molar-refractivity contribution in [2.45, 2.75) is 25.5 Å². The van der Waals surface area contributed by atoms with Gasteiger partial charge in [0.2, 0.25) is 5.91 Å². The van der Waals surface area contributed by atoms with Gasteiger partial charge in [-0.2, -0.15) is 0 Å². The summed E-state index contributed by atoms with van der Waals surface area (Å²) in [4.78, 5) is 21.7. The highest BCUT2D eigenvalue weighted by Gasteiger charge is 2.27. The van der Waals surface area contributed by atoms with Gasteiger partial charge in [-0.25, -0.2) is 8.42 Å². The number of hydrogen-bond donors (Lipinski definition) is 1. The number of nitrogens with two attached hydrogens (primary N) is 1. The van der Waals surface area contributed by atoms with Gasteiger partial charge >= 0.3 is 5.97 Å². The topological polar surface area (TPSA) is 104 Å². The maximum atomic E-state index is 11.7. The fraction of sp³-hybridized carbons (Fsp3) is 0.778. The number of primary amides is 1. The molecule has 0 aromatic carbocycles. The Hall–Kier alpha value is -1.11. The Morgan fingerprint density at radius 1 is 1.31 bits per heavy atom. The smallest absolute Gasteiger partial charge is 0.306 e. The lowest BCUT2D eigenvalue weighted by molar-refractivity contribution is -0.140. The summed E-state index contributed by atoms with van der Waals surface area (Å²) in [6, 6.07) is 0. The maximum Gasteiger partial charge on any atom is 0.306 e. The third-order valence-corrected chi connectivity index (χ3v) is 4.62. The Balaban J connectivity index is 4.55. The minimum absolute atomic E-state index is 0.218. The molecule has 2 unspecified atom stereocenters. The van der Waals surface area contributed by atoms with Gasteiger partial charge in [-0.3, -0.25) is 9.59 Å². The number of esters is 1. The summed E-state index contributed by atoms with van der Waals surface area (Å²) in [5.74, 6) is -2.37. The lowest BCUT2D eigenvalue weighted by Gasteiger charge is -2.13. The molecule has 16 heavy (non-hydrogen) atoms. The summed E-state index contributed by atoms with van der Waals surface area (Å²) in [7, 11) is -2.32. The zero-order valence-corrected chi connectivity index (χ0v) is 10.4. The van der Waals surface area contributed by atoms with Crippen molar-refractivity contribution in [1.29, 1.82) is 0 Å². The summed E-state index contributed by atoms with van der Waals surface area (Å²) < 4.78 is 27.7. The monoisotopic (exact) mass is 251 g/mol. The average Bonchev–Trinajstić information content (AvgIpc) is 2.16. The van der Waals surface area contributed by atoms with Gasteiger partial charge in [0, 0.05) is 5.92 Å². The molecule has 0 aromatic rings. The molecule has 0 heterocycles. The van der Waals surface area contributed by atoms with E-state index in [1.54, 1.807) is 0 Å². The van der Waals surface area contributed by atoms with Gasteiger partial charge in [-0.05, 0) is 6.92 Å². The summed E-state index contributed by atoms with van der Waals surface area (Å²) in [6.07, 6.45) is -0.218. The highest BCUT2D eigenvalue weighted by Crippen LogP contribution is 2.11. The van der Waals surface area contributed by atoms with Gasteiger partial charge in [0.1, 0.15) is 0 Å². The number of carbonyl (C=O) groups excluding carboxylic acids is 2. The molecule has 2 N–H and O–H groups in total. The first-order valence-electron chi connectivity index (χ1n) is 4.78. The van der Waals surface area contributed by atoms with Crippen molar-refractivity contribution in [1.82, 2.24) is 0 Å². The van der Waals surface area contributed by atoms with Gasteiger partial charge in [0.15, 0.2) is 9.84 Å². The van der Waals surface area contributed by atoms with Crippen molar-refractivity contribution in [3.05, 3.63) is 0 Å². The predicted molar refractivity (Wildman–Crippen MR) is 58.2 cm³/mol. The molecule has 7 heteroatoms. The molecule has 0 aliphatic carbocycles. The first kappa shape index (κ1) is 14.9.